The van der Waals surface area contributed by atoms with E-state index >= 15 is 0 Å². The smallest absolute Gasteiger partial charge is 0.338 e. The number of carbonyl (C=O) groups is 2. The van der Waals surface area contributed by atoms with Crippen molar-refractivity contribution in [1.82, 2.24) is 9.97 Å². The van der Waals surface area contributed by atoms with Gasteiger partial charge in [-0.3, -0.25) is 4.79 Å². The normalized spacial score (nSPS) is 10.4. The minimum atomic E-state index is -0.346. The predicted molar refractivity (Wildman–Crippen MR) is 172 cm³/mol. The number of nitrogens with one attached hydrogen (secondary N) is 1. The Morgan fingerprint density at radius 3 is 1.89 bits per heavy atom. The number of benzene rings is 5. The molecule has 0 fully saturated rings. The molecule has 44 heavy (non-hydrogen) atoms. The molecule has 0 aliphatic rings. The van der Waals surface area contributed by atoms with Gasteiger partial charge in [0, 0.05) is 11.1 Å². The van der Waals surface area contributed by atoms with Crippen LogP contribution in [0, 0.1) is 0 Å². The number of aromatic amines is 1. The van der Waals surface area contributed by atoms with E-state index in [1.54, 1.807) is 67.6 Å². The molecule has 1 N–H and O–H groups in total. The van der Waals surface area contributed by atoms with Crippen molar-refractivity contribution in [2.45, 2.75) is 6.92 Å². The number of H-pyrrole nitrogens is 1. The van der Waals surface area contributed by atoms with E-state index in [-0.39, 0.29) is 5.97 Å². The van der Waals surface area contributed by atoms with Gasteiger partial charge in [0.05, 0.1) is 33.2 Å². The molecule has 6 rings (SSSR count). The number of carbonyl (C=O) groups excluding carboxylic acids is 2. The lowest BCUT2D eigenvalue weighted by atomic mass is 10.2. The van der Waals surface area contributed by atoms with Crippen molar-refractivity contribution in [3.05, 3.63) is 136 Å². The number of aromatic nitrogens is 2. The van der Waals surface area contributed by atoms with Crippen LogP contribution in [0.3, 0.4) is 0 Å². The molecule has 0 saturated heterocycles. The van der Waals surface area contributed by atoms with Crippen LogP contribution in [0.4, 0.5) is 0 Å². The van der Waals surface area contributed by atoms with Crippen LogP contribution in [-0.4, -0.2) is 28.8 Å². The number of ether oxygens (including phenoxy) is 3. The van der Waals surface area contributed by atoms with Gasteiger partial charge in [-0.05, 0) is 97.9 Å². The van der Waals surface area contributed by atoms with Crippen molar-refractivity contribution in [3.8, 4) is 34.4 Å². The molecule has 7 nitrogen and oxygen atoms in total. The summed E-state index contributed by atoms with van der Waals surface area (Å²) >= 11 is 12.1. The van der Waals surface area contributed by atoms with Crippen LogP contribution < -0.4 is 9.47 Å². The summed E-state index contributed by atoms with van der Waals surface area (Å²) in [5.41, 5.74) is 3.57. The summed E-state index contributed by atoms with van der Waals surface area (Å²) in [6.45, 7) is 2.12. The molecule has 220 valence electrons. The minimum Gasteiger partial charge on any atom is -0.462 e. The Hall–Kier alpha value is -5.11. The summed E-state index contributed by atoms with van der Waals surface area (Å²) in [5.74, 6) is 2.90. The fourth-order valence-corrected chi connectivity index (χ4v) is 4.44. The van der Waals surface area contributed by atoms with Gasteiger partial charge in [-0.15, -0.1) is 0 Å². The van der Waals surface area contributed by atoms with E-state index in [9.17, 15) is 9.59 Å². The van der Waals surface area contributed by atoms with E-state index in [0.29, 0.717) is 56.6 Å². The number of fused-ring (bicyclic) bond motifs is 1. The highest BCUT2D eigenvalue weighted by molar-refractivity contribution is 6.32. The molecule has 0 radical (unpaired) electrons. The van der Waals surface area contributed by atoms with Crippen molar-refractivity contribution in [2.24, 2.45) is 0 Å². The van der Waals surface area contributed by atoms with Crippen LogP contribution in [0.5, 0.6) is 23.0 Å². The fraction of sp³-hybridized carbons (Fsp3) is 0.0571. The first-order valence-corrected chi connectivity index (χ1v) is 14.4. The molecule has 1 aromatic heterocycles. The average Bonchev–Trinajstić information content (AvgIpc) is 3.48. The van der Waals surface area contributed by atoms with Gasteiger partial charge in [-0.2, -0.15) is 0 Å². The number of hydrogen-bond donors (Lipinski definition) is 1. The first-order valence-electron chi connectivity index (χ1n) is 13.6. The van der Waals surface area contributed by atoms with Gasteiger partial charge in [-0.1, -0.05) is 47.5 Å². The van der Waals surface area contributed by atoms with E-state index in [1.807, 2.05) is 54.6 Å². The standard InChI is InChI=1S/C22H17ClN2O3.C13H9ClO2/c1-2-27-22(26)15-9-12-18-19(13-15)25-21(24-18)14-7-10-16(11-8-14)28-20-6-4-3-5-17(20)23;14-12-3-1-2-4-13(12)16-11-7-5-10(9-15)6-8-11/h3-13H,2H2,1H3,(H,24,25);1-9H. The van der Waals surface area contributed by atoms with Crippen LogP contribution in [-0.2, 0) is 4.74 Å². The molecule has 0 saturated carbocycles. The Kier molecular flexibility index (Phi) is 9.92. The lowest BCUT2D eigenvalue weighted by molar-refractivity contribution is 0.0526. The van der Waals surface area contributed by atoms with Crippen molar-refractivity contribution < 1.29 is 23.8 Å². The Labute approximate surface area is 264 Å². The van der Waals surface area contributed by atoms with Crippen LogP contribution in [0.2, 0.25) is 10.0 Å². The molecule has 1 heterocycles. The van der Waals surface area contributed by atoms with Gasteiger partial charge in [0.2, 0.25) is 0 Å². The number of aldehydes is 1. The summed E-state index contributed by atoms with van der Waals surface area (Å²) in [6.07, 6.45) is 0.791. The van der Waals surface area contributed by atoms with Crippen molar-refractivity contribution in [3.63, 3.8) is 0 Å². The topological polar surface area (TPSA) is 90.5 Å². The zero-order valence-electron chi connectivity index (χ0n) is 23.5. The van der Waals surface area contributed by atoms with E-state index in [0.717, 1.165) is 22.9 Å². The van der Waals surface area contributed by atoms with Crippen LogP contribution in [0.15, 0.2) is 115 Å². The Morgan fingerprint density at radius 1 is 0.773 bits per heavy atom. The maximum absolute atomic E-state index is 11.9. The fourth-order valence-electron chi connectivity index (χ4n) is 4.09. The second-order valence-corrected chi connectivity index (χ2v) is 10.1. The van der Waals surface area contributed by atoms with E-state index in [2.05, 4.69) is 9.97 Å². The summed E-state index contributed by atoms with van der Waals surface area (Å²) in [5, 5.41) is 1.11. The van der Waals surface area contributed by atoms with Crippen molar-refractivity contribution in [1.29, 1.82) is 0 Å². The lowest BCUT2D eigenvalue weighted by Gasteiger charge is -2.07. The second-order valence-electron chi connectivity index (χ2n) is 9.31. The number of imidazole rings is 1. The molecular formula is C35H26Cl2N2O5. The summed E-state index contributed by atoms with van der Waals surface area (Å²) in [7, 11) is 0. The third-order valence-corrected chi connectivity index (χ3v) is 6.89. The van der Waals surface area contributed by atoms with Gasteiger partial charge in [0.25, 0.3) is 0 Å². The van der Waals surface area contributed by atoms with Crippen LogP contribution in [0.25, 0.3) is 22.4 Å². The quantitative estimate of drug-likeness (QED) is 0.134. The molecule has 0 spiro atoms. The summed E-state index contributed by atoms with van der Waals surface area (Å²) in [4.78, 5) is 30.2. The first kappa shape index (κ1) is 30.4. The molecule has 6 aromatic rings. The maximum Gasteiger partial charge on any atom is 0.338 e. The van der Waals surface area contributed by atoms with Gasteiger partial charge in [0.15, 0.2) is 0 Å². The molecule has 0 bridgehead atoms. The molecule has 0 atom stereocenters. The van der Waals surface area contributed by atoms with Gasteiger partial charge >= 0.3 is 5.97 Å². The SMILES string of the molecule is CCOC(=O)c1ccc2nc(-c3ccc(Oc4ccccc4Cl)cc3)[nH]c2c1.O=Cc1ccc(Oc2ccccc2Cl)cc1. The maximum atomic E-state index is 11.9. The molecule has 0 unspecified atom stereocenters. The van der Waals surface area contributed by atoms with E-state index in [4.69, 9.17) is 37.4 Å². The highest BCUT2D eigenvalue weighted by Crippen LogP contribution is 2.31. The summed E-state index contributed by atoms with van der Waals surface area (Å²) in [6, 6.07) is 34.2. The molecule has 9 heteroatoms. The van der Waals surface area contributed by atoms with E-state index < -0.39 is 0 Å². The lowest BCUT2D eigenvalue weighted by Crippen LogP contribution is -2.04. The number of para-hydroxylation sites is 2. The van der Waals surface area contributed by atoms with Crippen LogP contribution >= 0.6 is 23.2 Å². The molecular weight excluding hydrogens is 599 g/mol. The minimum absolute atomic E-state index is 0.341. The van der Waals surface area contributed by atoms with Gasteiger partial charge in [-0.25, -0.2) is 9.78 Å². The highest BCUT2D eigenvalue weighted by Gasteiger charge is 2.11. The van der Waals surface area contributed by atoms with Crippen molar-refractivity contribution in [2.75, 3.05) is 6.61 Å². The third kappa shape index (κ3) is 7.64. The number of esters is 1. The third-order valence-electron chi connectivity index (χ3n) is 6.27. The Balaban J connectivity index is 0.000000204. The molecule has 0 aliphatic heterocycles. The average molecular weight is 626 g/mol. The largest absolute Gasteiger partial charge is 0.462 e. The number of halogens is 2. The van der Waals surface area contributed by atoms with Gasteiger partial charge < -0.3 is 19.2 Å². The highest BCUT2D eigenvalue weighted by atomic mass is 35.5. The number of nitrogens with zero attached hydrogens (tertiary/aromatic N) is 1. The van der Waals surface area contributed by atoms with E-state index in [1.165, 1.54) is 0 Å². The van der Waals surface area contributed by atoms with Gasteiger partial charge in [0.1, 0.15) is 35.1 Å². The Morgan fingerprint density at radius 2 is 1.34 bits per heavy atom. The van der Waals surface area contributed by atoms with Crippen molar-refractivity contribution >= 4 is 46.5 Å². The summed E-state index contributed by atoms with van der Waals surface area (Å²) < 4.78 is 16.4. The second kappa shape index (κ2) is 14.4. The predicted octanol–water partition coefficient (Wildman–Crippen LogP) is 9.80. The molecule has 0 aliphatic carbocycles. The zero-order valence-corrected chi connectivity index (χ0v) is 25.0. The Bertz CT molecular complexity index is 1890. The monoisotopic (exact) mass is 624 g/mol. The molecule has 5 aromatic carbocycles. The zero-order chi connectivity index (χ0) is 30.9. The number of rotatable bonds is 8. The number of hydrogen-bond acceptors (Lipinski definition) is 6. The molecule has 0 amide bonds. The first-order chi connectivity index (χ1) is 21.4. The van der Waals surface area contributed by atoms with Crippen LogP contribution in [0.1, 0.15) is 27.6 Å².